The molecule has 0 unspecified atom stereocenters. The number of nitrogens with zero attached hydrogens (tertiary/aromatic N) is 1. The van der Waals surface area contributed by atoms with Gasteiger partial charge < -0.3 is 5.32 Å². The Bertz CT molecular complexity index is 650. The molecule has 106 valence electrons. The molecule has 3 nitrogen and oxygen atoms in total. The van der Waals surface area contributed by atoms with Crippen molar-refractivity contribution < 1.29 is 4.79 Å². The molecule has 7 heteroatoms. The summed E-state index contributed by atoms with van der Waals surface area (Å²) in [6, 6.07) is 3.10. The van der Waals surface area contributed by atoms with Crippen LogP contribution in [-0.4, -0.2) is 10.9 Å². The molecule has 0 saturated carbocycles. The third kappa shape index (κ3) is 3.26. The van der Waals surface area contributed by atoms with Gasteiger partial charge in [0.05, 0.1) is 32.9 Å². The fourth-order valence-corrected chi connectivity index (χ4v) is 3.17. The summed E-state index contributed by atoms with van der Waals surface area (Å²) in [6.07, 6.45) is 0. The van der Waals surface area contributed by atoms with Gasteiger partial charge >= 0.3 is 0 Å². The summed E-state index contributed by atoms with van der Waals surface area (Å²) in [4.78, 5) is 17.6. The third-order valence-corrected chi connectivity index (χ3v) is 4.94. The lowest BCUT2D eigenvalue weighted by atomic mass is 10.2. The predicted octanol–water partition coefficient (Wildman–Crippen LogP) is 4.65. The molecule has 0 spiro atoms. The third-order valence-electron chi connectivity index (χ3n) is 2.74. The van der Waals surface area contributed by atoms with Crippen molar-refractivity contribution in [2.24, 2.45) is 0 Å². The first kappa shape index (κ1) is 15.6. The smallest absolute Gasteiger partial charge is 0.254 e. The molecule has 0 saturated heterocycles. The van der Waals surface area contributed by atoms with Crippen molar-refractivity contribution in [2.45, 2.75) is 20.4 Å². The van der Waals surface area contributed by atoms with Crippen molar-refractivity contribution in [3.8, 4) is 0 Å². The summed E-state index contributed by atoms with van der Waals surface area (Å²) in [5.74, 6) is -0.368. The number of nitrogens with one attached hydrogen (secondary N) is 1. The molecule has 1 aromatic carbocycles. The number of carbonyl (C=O) groups excluding carboxylic acids is 1. The second kappa shape index (κ2) is 6.31. The van der Waals surface area contributed by atoms with Gasteiger partial charge in [-0.3, -0.25) is 4.79 Å². The van der Waals surface area contributed by atoms with E-state index in [0.29, 0.717) is 11.6 Å². The second-order valence-electron chi connectivity index (χ2n) is 4.15. The molecule has 1 N–H and O–H groups in total. The highest BCUT2D eigenvalue weighted by Crippen LogP contribution is 2.31. The molecule has 0 atom stereocenters. The van der Waals surface area contributed by atoms with E-state index in [4.69, 9.17) is 34.8 Å². The van der Waals surface area contributed by atoms with Crippen molar-refractivity contribution >= 4 is 52.0 Å². The number of halogens is 3. The van der Waals surface area contributed by atoms with E-state index in [1.165, 1.54) is 0 Å². The van der Waals surface area contributed by atoms with Crippen molar-refractivity contribution in [1.82, 2.24) is 10.3 Å². The van der Waals surface area contributed by atoms with Gasteiger partial charge in [0, 0.05) is 4.88 Å². The summed E-state index contributed by atoms with van der Waals surface area (Å²) in [5.41, 5.74) is 1.16. The first-order valence-electron chi connectivity index (χ1n) is 5.74. The van der Waals surface area contributed by atoms with Gasteiger partial charge in [-0.25, -0.2) is 4.98 Å². The minimum atomic E-state index is -0.368. The minimum Gasteiger partial charge on any atom is -0.345 e. The van der Waals surface area contributed by atoms with Crippen LogP contribution in [0.3, 0.4) is 0 Å². The Kier molecular flexibility index (Phi) is 4.91. The monoisotopic (exact) mass is 348 g/mol. The van der Waals surface area contributed by atoms with Crippen LogP contribution in [0.15, 0.2) is 12.1 Å². The van der Waals surface area contributed by atoms with Crippen LogP contribution >= 0.6 is 46.1 Å². The van der Waals surface area contributed by atoms with Gasteiger partial charge in [0.15, 0.2) is 0 Å². The fourth-order valence-electron chi connectivity index (χ4n) is 1.59. The van der Waals surface area contributed by atoms with Crippen molar-refractivity contribution in [3.05, 3.63) is 48.3 Å². The summed E-state index contributed by atoms with van der Waals surface area (Å²) in [7, 11) is 0. The van der Waals surface area contributed by atoms with Crippen LogP contribution in [0.1, 0.15) is 25.9 Å². The van der Waals surface area contributed by atoms with Gasteiger partial charge in [-0.15, -0.1) is 11.3 Å². The number of hydrogen-bond donors (Lipinski definition) is 1. The highest BCUT2D eigenvalue weighted by molar-refractivity contribution is 7.11. The van der Waals surface area contributed by atoms with Gasteiger partial charge in [-0.05, 0) is 26.0 Å². The topological polar surface area (TPSA) is 42.0 Å². The minimum absolute atomic E-state index is 0.156. The number of rotatable bonds is 3. The Hall–Kier alpha value is -0.810. The predicted molar refractivity (Wildman–Crippen MR) is 84.2 cm³/mol. The van der Waals surface area contributed by atoms with Gasteiger partial charge in [0.2, 0.25) is 0 Å². The summed E-state index contributed by atoms with van der Waals surface area (Å²) < 4.78 is 0. The summed E-state index contributed by atoms with van der Waals surface area (Å²) >= 11 is 19.4. The number of thiazole rings is 1. The quantitative estimate of drug-likeness (QED) is 0.820. The molecule has 20 heavy (non-hydrogen) atoms. The summed E-state index contributed by atoms with van der Waals surface area (Å²) in [6.45, 7) is 4.25. The number of carbonyl (C=O) groups is 1. The Balaban J connectivity index is 2.15. The SMILES string of the molecule is Cc1nc(CNC(=O)c2c(Cl)ccc(Cl)c2Cl)sc1C. The molecule has 0 aliphatic rings. The number of aryl methyl sites for hydroxylation is 2. The van der Waals surface area contributed by atoms with Crippen molar-refractivity contribution in [2.75, 3.05) is 0 Å². The van der Waals surface area contributed by atoms with E-state index in [-0.39, 0.29) is 21.5 Å². The lowest BCUT2D eigenvalue weighted by Crippen LogP contribution is -2.23. The molecule has 1 heterocycles. The fraction of sp³-hybridized carbons (Fsp3) is 0.231. The van der Waals surface area contributed by atoms with E-state index >= 15 is 0 Å². The van der Waals surface area contributed by atoms with Crippen LogP contribution in [0.4, 0.5) is 0 Å². The van der Waals surface area contributed by atoms with Gasteiger partial charge in [-0.2, -0.15) is 0 Å². The Morgan fingerprint density at radius 3 is 2.50 bits per heavy atom. The molecular formula is C13H11Cl3N2OS. The Morgan fingerprint density at radius 2 is 1.90 bits per heavy atom. The Morgan fingerprint density at radius 1 is 1.25 bits per heavy atom. The van der Waals surface area contributed by atoms with Gasteiger partial charge in [-0.1, -0.05) is 34.8 Å². The number of benzene rings is 1. The molecule has 0 bridgehead atoms. The first-order valence-corrected chi connectivity index (χ1v) is 7.69. The zero-order valence-electron chi connectivity index (χ0n) is 10.8. The van der Waals surface area contributed by atoms with Crippen LogP contribution < -0.4 is 5.32 Å². The second-order valence-corrected chi connectivity index (χ2v) is 6.63. The van der Waals surface area contributed by atoms with Crippen LogP contribution in [0.2, 0.25) is 15.1 Å². The standard InChI is InChI=1S/C13H11Cl3N2OS/c1-6-7(2)20-10(18-6)5-17-13(19)11-8(14)3-4-9(15)12(11)16/h3-4H,5H2,1-2H3,(H,17,19). The van der Waals surface area contributed by atoms with E-state index in [1.54, 1.807) is 23.5 Å². The molecule has 0 aliphatic carbocycles. The van der Waals surface area contributed by atoms with Gasteiger partial charge in [0.25, 0.3) is 5.91 Å². The Labute approximate surface area is 135 Å². The summed E-state index contributed by atoms with van der Waals surface area (Å²) in [5, 5.41) is 4.30. The van der Waals surface area contributed by atoms with Crippen LogP contribution in [0, 0.1) is 13.8 Å². The molecule has 2 aromatic rings. The normalized spacial score (nSPS) is 10.7. The molecular weight excluding hydrogens is 339 g/mol. The molecule has 0 fully saturated rings. The maximum absolute atomic E-state index is 12.1. The van der Waals surface area contributed by atoms with E-state index in [9.17, 15) is 4.79 Å². The van der Waals surface area contributed by atoms with E-state index in [0.717, 1.165) is 15.6 Å². The molecule has 0 aliphatic heterocycles. The van der Waals surface area contributed by atoms with E-state index in [1.807, 2.05) is 13.8 Å². The van der Waals surface area contributed by atoms with Crippen LogP contribution in [0.5, 0.6) is 0 Å². The average Bonchev–Trinajstić information content (AvgIpc) is 2.71. The molecule has 1 amide bonds. The largest absolute Gasteiger partial charge is 0.345 e. The number of amides is 1. The van der Waals surface area contributed by atoms with Crippen molar-refractivity contribution in [1.29, 1.82) is 0 Å². The van der Waals surface area contributed by atoms with Crippen LogP contribution in [0.25, 0.3) is 0 Å². The van der Waals surface area contributed by atoms with Gasteiger partial charge in [0.1, 0.15) is 5.01 Å². The highest BCUT2D eigenvalue weighted by Gasteiger charge is 2.17. The van der Waals surface area contributed by atoms with Crippen molar-refractivity contribution in [3.63, 3.8) is 0 Å². The van der Waals surface area contributed by atoms with Crippen LogP contribution in [-0.2, 0) is 6.54 Å². The average molecular weight is 350 g/mol. The zero-order chi connectivity index (χ0) is 14.9. The molecule has 1 aromatic heterocycles. The first-order chi connectivity index (χ1) is 9.40. The number of hydrogen-bond acceptors (Lipinski definition) is 3. The molecule has 0 radical (unpaired) electrons. The van der Waals surface area contributed by atoms with E-state index < -0.39 is 0 Å². The lowest BCUT2D eigenvalue weighted by molar-refractivity contribution is 0.0951. The highest BCUT2D eigenvalue weighted by atomic mass is 35.5. The lowest BCUT2D eigenvalue weighted by Gasteiger charge is -2.08. The molecule has 2 rings (SSSR count). The zero-order valence-corrected chi connectivity index (χ0v) is 13.8. The maximum atomic E-state index is 12.1. The number of aromatic nitrogens is 1. The maximum Gasteiger partial charge on any atom is 0.254 e. The van der Waals surface area contributed by atoms with E-state index in [2.05, 4.69) is 10.3 Å².